The first-order chi connectivity index (χ1) is 14.1. The van der Waals surface area contributed by atoms with Crippen LogP contribution in [0, 0.1) is 5.82 Å². The predicted octanol–water partition coefficient (Wildman–Crippen LogP) is 4.28. The monoisotopic (exact) mass is 523 g/mol. The van der Waals surface area contributed by atoms with Crippen molar-refractivity contribution in [3.8, 4) is 0 Å². The Morgan fingerprint density at radius 2 is 1.83 bits per heavy atom. The fourth-order valence-corrected chi connectivity index (χ4v) is 3.39. The second kappa shape index (κ2) is 11.9. The molecule has 0 aliphatic heterocycles. The summed E-state index contributed by atoms with van der Waals surface area (Å²) in [5.74, 6) is 0.579. The minimum atomic E-state index is -0.211. The standard InChI is InChI=1S/C23H30FN5.HI/c1-4-25-23(28-14-17-7-5-6-8-19(17)16-29(2)3)26-12-11-18-15-27-22-10-9-20(24)13-21(18)22;/h5-10,13,15,27H,4,11-12,14,16H2,1-3H3,(H2,25,26,28);1H. The Balaban J connectivity index is 0.00000320. The van der Waals surface area contributed by atoms with Crippen molar-refractivity contribution < 1.29 is 4.39 Å². The van der Waals surface area contributed by atoms with E-state index >= 15 is 0 Å². The van der Waals surface area contributed by atoms with Crippen molar-refractivity contribution in [1.29, 1.82) is 0 Å². The number of guanidine groups is 1. The highest BCUT2D eigenvalue weighted by molar-refractivity contribution is 14.0. The lowest BCUT2D eigenvalue weighted by atomic mass is 10.1. The van der Waals surface area contributed by atoms with E-state index in [0.717, 1.165) is 41.9 Å². The Morgan fingerprint density at radius 3 is 2.57 bits per heavy atom. The number of halogens is 2. The normalized spacial score (nSPS) is 11.6. The van der Waals surface area contributed by atoms with E-state index in [1.165, 1.54) is 17.2 Å². The van der Waals surface area contributed by atoms with E-state index < -0.39 is 0 Å². The summed E-state index contributed by atoms with van der Waals surface area (Å²) in [6, 6.07) is 13.2. The second-order valence-electron chi connectivity index (χ2n) is 7.38. The Bertz CT molecular complexity index is 967. The van der Waals surface area contributed by atoms with Crippen LogP contribution in [0.5, 0.6) is 0 Å². The van der Waals surface area contributed by atoms with Gasteiger partial charge in [-0.15, -0.1) is 24.0 Å². The zero-order valence-corrected chi connectivity index (χ0v) is 20.2. The molecule has 7 heteroatoms. The quantitative estimate of drug-likeness (QED) is 0.235. The van der Waals surface area contributed by atoms with E-state index in [1.54, 1.807) is 12.1 Å². The van der Waals surface area contributed by atoms with Crippen molar-refractivity contribution in [1.82, 2.24) is 20.5 Å². The molecule has 3 N–H and O–H groups in total. The van der Waals surface area contributed by atoms with Gasteiger partial charge in [-0.2, -0.15) is 0 Å². The molecule has 1 aromatic heterocycles. The van der Waals surface area contributed by atoms with Gasteiger partial charge >= 0.3 is 0 Å². The van der Waals surface area contributed by atoms with Crippen LogP contribution in [0.1, 0.15) is 23.6 Å². The molecule has 0 unspecified atom stereocenters. The third-order valence-electron chi connectivity index (χ3n) is 4.77. The van der Waals surface area contributed by atoms with Crippen LogP contribution in [0.4, 0.5) is 4.39 Å². The number of nitrogens with zero attached hydrogens (tertiary/aromatic N) is 2. The lowest BCUT2D eigenvalue weighted by molar-refractivity contribution is 0.401. The van der Waals surface area contributed by atoms with Gasteiger partial charge in [-0.05, 0) is 62.3 Å². The van der Waals surface area contributed by atoms with Crippen LogP contribution in [-0.2, 0) is 19.5 Å². The molecule has 0 saturated heterocycles. The third-order valence-corrected chi connectivity index (χ3v) is 4.77. The van der Waals surface area contributed by atoms with Gasteiger partial charge in [0.1, 0.15) is 5.82 Å². The molecule has 0 saturated carbocycles. The van der Waals surface area contributed by atoms with Gasteiger partial charge < -0.3 is 20.5 Å². The average Bonchev–Trinajstić information content (AvgIpc) is 3.09. The van der Waals surface area contributed by atoms with Crippen LogP contribution in [0.25, 0.3) is 10.9 Å². The van der Waals surface area contributed by atoms with Crippen LogP contribution in [0.2, 0.25) is 0 Å². The highest BCUT2D eigenvalue weighted by Crippen LogP contribution is 2.19. The number of benzene rings is 2. The smallest absolute Gasteiger partial charge is 0.191 e. The molecule has 2 aromatic carbocycles. The Kier molecular flexibility index (Phi) is 9.58. The van der Waals surface area contributed by atoms with Crippen LogP contribution < -0.4 is 10.6 Å². The molecular weight excluding hydrogens is 492 g/mol. The Hall–Kier alpha value is -2.13. The summed E-state index contributed by atoms with van der Waals surface area (Å²) >= 11 is 0. The van der Waals surface area contributed by atoms with E-state index in [2.05, 4.69) is 65.8 Å². The topological polar surface area (TPSA) is 55.5 Å². The van der Waals surface area contributed by atoms with Gasteiger partial charge in [-0.25, -0.2) is 9.38 Å². The molecule has 0 bridgehead atoms. The fourth-order valence-electron chi connectivity index (χ4n) is 3.39. The molecule has 0 fully saturated rings. The van der Waals surface area contributed by atoms with Crippen molar-refractivity contribution in [2.45, 2.75) is 26.4 Å². The van der Waals surface area contributed by atoms with Crippen molar-refractivity contribution in [2.24, 2.45) is 4.99 Å². The van der Waals surface area contributed by atoms with E-state index in [-0.39, 0.29) is 29.8 Å². The molecule has 3 aromatic rings. The Labute approximate surface area is 195 Å². The van der Waals surface area contributed by atoms with Crippen molar-refractivity contribution in [2.75, 3.05) is 27.2 Å². The van der Waals surface area contributed by atoms with Crippen molar-refractivity contribution >= 4 is 40.8 Å². The maximum atomic E-state index is 13.6. The number of hydrogen-bond acceptors (Lipinski definition) is 2. The summed E-state index contributed by atoms with van der Waals surface area (Å²) in [6.45, 7) is 5.09. The van der Waals surface area contributed by atoms with Gasteiger partial charge in [-0.1, -0.05) is 24.3 Å². The van der Waals surface area contributed by atoms with Crippen LogP contribution >= 0.6 is 24.0 Å². The summed E-state index contributed by atoms with van der Waals surface area (Å²) in [4.78, 5) is 10.1. The number of hydrogen-bond donors (Lipinski definition) is 3. The average molecular weight is 523 g/mol. The molecule has 1 heterocycles. The molecule has 30 heavy (non-hydrogen) atoms. The number of H-pyrrole nitrogens is 1. The molecule has 162 valence electrons. The van der Waals surface area contributed by atoms with Gasteiger partial charge in [0.25, 0.3) is 0 Å². The predicted molar refractivity (Wildman–Crippen MR) is 134 cm³/mol. The number of fused-ring (bicyclic) bond motifs is 1. The summed E-state index contributed by atoms with van der Waals surface area (Å²) in [5.41, 5.74) is 4.57. The van der Waals surface area contributed by atoms with Crippen molar-refractivity contribution in [3.63, 3.8) is 0 Å². The van der Waals surface area contributed by atoms with E-state index in [9.17, 15) is 4.39 Å². The van der Waals surface area contributed by atoms with Crippen LogP contribution in [0.15, 0.2) is 53.7 Å². The number of aliphatic imine (C=N–C) groups is 1. The minimum absolute atomic E-state index is 0. The molecule has 5 nitrogen and oxygen atoms in total. The molecule has 0 amide bonds. The largest absolute Gasteiger partial charge is 0.361 e. The number of rotatable bonds is 8. The molecule has 0 aliphatic rings. The first kappa shape index (κ1) is 24.1. The number of aromatic nitrogens is 1. The summed E-state index contributed by atoms with van der Waals surface area (Å²) in [6.07, 6.45) is 2.73. The fraction of sp³-hybridized carbons (Fsp3) is 0.348. The summed E-state index contributed by atoms with van der Waals surface area (Å²) in [7, 11) is 4.14. The first-order valence-corrected chi connectivity index (χ1v) is 10.1. The van der Waals surface area contributed by atoms with E-state index in [1.807, 2.05) is 6.20 Å². The van der Waals surface area contributed by atoms with Gasteiger partial charge in [0.15, 0.2) is 5.96 Å². The summed E-state index contributed by atoms with van der Waals surface area (Å²) in [5, 5.41) is 7.63. The maximum Gasteiger partial charge on any atom is 0.191 e. The molecule has 0 aliphatic carbocycles. The van der Waals surface area contributed by atoms with Gasteiger partial charge in [0.2, 0.25) is 0 Å². The molecule has 3 rings (SSSR count). The highest BCUT2D eigenvalue weighted by Gasteiger charge is 2.06. The van der Waals surface area contributed by atoms with Crippen LogP contribution in [-0.4, -0.2) is 43.0 Å². The highest BCUT2D eigenvalue weighted by atomic mass is 127. The van der Waals surface area contributed by atoms with E-state index in [4.69, 9.17) is 4.99 Å². The van der Waals surface area contributed by atoms with E-state index in [0.29, 0.717) is 13.1 Å². The SMILES string of the molecule is CCNC(=NCc1ccccc1CN(C)C)NCCc1c[nH]c2ccc(F)cc12.I. The molecule has 0 spiro atoms. The number of aromatic amines is 1. The van der Waals surface area contributed by atoms with Crippen LogP contribution in [0.3, 0.4) is 0 Å². The number of nitrogens with one attached hydrogen (secondary N) is 3. The van der Waals surface area contributed by atoms with Gasteiger partial charge in [0, 0.05) is 36.7 Å². The summed E-state index contributed by atoms with van der Waals surface area (Å²) < 4.78 is 13.6. The molecule has 0 radical (unpaired) electrons. The zero-order chi connectivity index (χ0) is 20.6. The van der Waals surface area contributed by atoms with Crippen molar-refractivity contribution in [3.05, 3.63) is 71.2 Å². The second-order valence-corrected chi connectivity index (χ2v) is 7.38. The minimum Gasteiger partial charge on any atom is -0.361 e. The maximum absolute atomic E-state index is 13.6. The molecular formula is C23H31FIN5. The zero-order valence-electron chi connectivity index (χ0n) is 17.8. The van der Waals surface area contributed by atoms with Gasteiger partial charge in [-0.3, -0.25) is 0 Å². The lowest BCUT2D eigenvalue weighted by Gasteiger charge is -2.14. The Morgan fingerprint density at radius 1 is 1.07 bits per heavy atom. The third kappa shape index (κ3) is 6.70. The van der Waals surface area contributed by atoms with Gasteiger partial charge in [0.05, 0.1) is 6.54 Å². The molecule has 0 atom stereocenters. The lowest BCUT2D eigenvalue weighted by Crippen LogP contribution is -2.38. The first-order valence-electron chi connectivity index (χ1n) is 10.1.